The predicted octanol–water partition coefficient (Wildman–Crippen LogP) is 1.72. The summed E-state index contributed by atoms with van der Waals surface area (Å²) < 4.78 is 0. The second-order valence-corrected chi connectivity index (χ2v) is 4.44. The van der Waals surface area contributed by atoms with Gasteiger partial charge in [-0.25, -0.2) is 4.98 Å². The molecule has 1 heterocycles. The third-order valence-electron chi connectivity index (χ3n) is 2.74. The summed E-state index contributed by atoms with van der Waals surface area (Å²) in [6, 6.07) is 2.50. The number of aryl methyl sites for hydroxylation is 1. The fourth-order valence-electron chi connectivity index (χ4n) is 1.39. The maximum Gasteiger partial charge on any atom is 0.129 e. The number of hydrogen-bond donors (Lipinski definition) is 2. The van der Waals surface area contributed by atoms with E-state index >= 15 is 0 Å². The van der Waals surface area contributed by atoms with Crippen molar-refractivity contribution in [2.45, 2.75) is 26.8 Å². The van der Waals surface area contributed by atoms with E-state index in [1.807, 2.05) is 13.0 Å². The Hall–Kier alpha value is -1.29. The van der Waals surface area contributed by atoms with Crippen molar-refractivity contribution in [1.82, 2.24) is 9.88 Å². The molecule has 0 saturated heterocycles. The Morgan fingerprint density at radius 3 is 2.75 bits per heavy atom. The van der Waals surface area contributed by atoms with Gasteiger partial charge < -0.3 is 16.0 Å². The highest BCUT2D eigenvalue weighted by Gasteiger charge is 2.03. The summed E-state index contributed by atoms with van der Waals surface area (Å²) in [6.07, 6.45) is 1.68. The zero-order chi connectivity index (χ0) is 12.1. The second kappa shape index (κ2) is 5.70. The Morgan fingerprint density at radius 1 is 1.50 bits per heavy atom. The van der Waals surface area contributed by atoms with E-state index < -0.39 is 0 Å². The lowest BCUT2D eigenvalue weighted by Crippen LogP contribution is -2.31. The first kappa shape index (κ1) is 12.8. The van der Waals surface area contributed by atoms with Crippen LogP contribution in [0.3, 0.4) is 0 Å². The summed E-state index contributed by atoms with van der Waals surface area (Å²) >= 11 is 0. The monoisotopic (exact) mass is 222 g/mol. The second-order valence-electron chi connectivity index (χ2n) is 4.44. The van der Waals surface area contributed by atoms with Gasteiger partial charge >= 0.3 is 0 Å². The van der Waals surface area contributed by atoms with E-state index in [4.69, 9.17) is 5.73 Å². The third-order valence-corrected chi connectivity index (χ3v) is 2.74. The van der Waals surface area contributed by atoms with Crippen molar-refractivity contribution >= 4 is 11.5 Å². The van der Waals surface area contributed by atoms with Crippen molar-refractivity contribution < 1.29 is 0 Å². The molecule has 0 radical (unpaired) electrons. The number of hydrogen-bond acceptors (Lipinski definition) is 4. The summed E-state index contributed by atoms with van der Waals surface area (Å²) in [4.78, 5) is 6.56. The smallest absolute Gasteiger partial charge is 0.129 e. The normalized spacial score (nSPS) is 11.1. The Kier molecular flexibility index (Phi) is 4.55. The minimum absolute atomic E-state index is 0.572. The van der Waals surface area contributed by atoms with Gasteiger partial charge in [0.25, 0.3) is 0 Å². The van der Waals surface area contributed by atoms with Crippen LogP contribution in [0.25, 0.3) is 0 Å². The predicted molar refractivity (Wildman–Crippen MR) is 69.6 cm³/mol. The van der Waals surface area contributed by atoms with Gasteiger partial charge in [0.2, 0.25) is 0 Å². The van der Waals surface area contributed by atoms with E-state index in [9.17, 15) is 0 Å². The number of nitrogen functional groups attached to an aromatic ring is 1. The molecule has 0 fully saturated rings. The van der Waals surface area contributed by atoms with Gasteiger partial charge in [0.05, 0.1) is 11.9 Å². The lowest BCUT2D eigenvalue weighted by molar-refractivity contribution is 0.284. The molecular weight excluding hydrogens is 200 g/mol. The Balaban J connectivity index is 2.43. The highest BCUT2D eigenvalue weighted by Crippen LogP contribution is 2.13. The number of likely N-dealkylation sites (N-methyl/N-ethyl adjacent to an activating group) is 1. The summed E-state index contributed by atoms with van der Waals surface area (Å²) in [5.74, 6) is 0.923. The van der Waals surface area contributed by atoms with Gasteiger partial charge in [-0.15, -0.1) is 0 Å². The molecule has 0 aliphatic heterocycles. The van der Waals surface area contributed by atoms with Crippen molar-refractivity contribution in [2.24, 2.45) is 0 Å². The highest BCUT2D eigenvalue weighted by atomic mass is 15.1. The Bertz CT molecular complexity index is 336. The van der Waals surface area contributed by atoms with Gasteiger partial charge in [0, 0.05) is 19.1 Å². The summed E-state index contributed by atoms with van der Waals surface area (Å²) in [5, 5.41) is 3.32. The number of aromatic nitrogens is 1. The molecule has 16 heavy (non-hydrogen) atoms. The minimum Gasteiger partial charge on any atom is -0.397 e. The zero-order valence-corrected chi connectivity index (χ0v) is 10.6. The Labute approximate surface area is 97.9 Å². The third kappa shape index (κ3) is 3.70. The Morgan fingerprint density at radius 2 is 2.19 bits per heavy atom. The molecule has 0 saturated carbocycles. The van der Waals surface area contributed by atoms with Crippen LogP contribution in [0.2, 0.25) is 0 Å². The van der Waals surface area contributed by atoms with Gasteiger partial charge in [0.15, 0.2) is 0 Å². The van der Waals surface area contributed by atoms with Gasteiger partial charge in [-0.2, -0.15) is 0 Å². The largest absolute Gasteiger partial charge is 0.397 e. The van der Waals surface area contributed by atoms with Crippen molar-refractivity contribution in [2.75, 3.05) is 31.2 Å². The van der Waals surface area contributed by atoms with Crippen LogP contribution in [0, 0.1) is 6.92 Å². The van der Waals surface area contributed by atoms with Gasteiger partial charge in [-0.3, -0.25) is 0 Å². The van der Waals surface area contributed by atoms with E-state index in [0.717, 1.165) is 24.5 Å². The molecule has 90 valence electrons. The van der Waals surface area contributed by atoms with E-state index in [2.05, 4.69) is 36.1 Å². The molecule has 0 amide bonds. The van der Waals surface area contributed by atoms with Crippen LogP contribution in [0.4, 0.5) is 11.5 Å². The van der Waals surface area contributed by atoms with Crippen LogP contribution in [-0.2, 0) is 0 Å². The number of nitrogens with one attached hydrogen (secondary N) is 1. The molecular formula is C12H22N4. The van der Waals surface area contributed by atoms with Crippen LogP contribution >= 0.6 is 0 Å². The lowest BCUT2D eigenvalue weighted by Gasteiger charge is -2.21. The van der Waals surface area contributed by atoms with E-state index in [-0.39, 0.29) is 0 Å². The lowest BCUT2D eigenvalue weighted by atomic mass is 10.2. The van der Waals surface area contributed by atoms with Crippen molar-refractivity contribution in [3.05, 3.63) is 17.8 Å². The number of pyridine rings is 1. The topological polar surface area (TPSA) is 54.2 Å². The molecule has 0 aliphatic carbocycles. The van der Waals surface area contributed by atoms with Crippen LogP contribution < -0.4 is 11.1 Å². The SMILES string of the molecule is Cc1cc(N)cnc1NCCN(C)C(C)C. The van der Waals surface area contributed by atoms with Crippen LogP contribution in [0.5, 0.6) is 0 Å². The molecule has 0 bridgehead atoms. The number of nitrogens with zero attached hydrogens (tertiary/aromatic N) is 2. The molecule has 0 aliphatic rings. The molecule has 0 atom stereocenters. The summed E-state index contributed by atoms with van der Waals surface area (Å²) in [6.45, 7) is 8.28. The van der Waals surface area contributed by atoms with Gasteiger partial charge in [0.1, 0.15) is 5.82 Å². The number of rotatable bonds is 5. The fourth-order valence-corrected chi connectivity index (χ4v) is 1.39. The van der Waals surface area contributed by atoms with Gasteiger partial charge in [-0.05, 0) is 39.4 Å². The molecule has 3 N–H and O–H groups in total. The maximum absolute atomic E-state index is 5.65. The fraction of sp³-hybridized carbons (Fsp3) is 0.583. The first-order valence-corrected chi connectivity index (χ1v) is 5.67. The zero-order valence-electron chi connectivity index (χ0n) is 10.6. The van der Waals surface area contributed by atoms with E-state index in [0.29, 0.717) is 11.7 Å². The van der Waals surface area contributed by atoms with Crippen molar-refractivity contribution in [3.8, 4) is 0 Å². The molecule has 0 aromatic carbocycles. The molecule has 0 spiro atoms. The molecule has 1 rings (SSSR count). The number of nitrogens with two attached hydrogens (primary N) is 1. The summed E-state index contributed by atoms with van der Waals surface area (Å²) in [5.41, 5.74) is 7.45. The van der Waals surface area contributed by atoms with Crippen LogP contribution in [-0.4, -0.2) is 36.1 Å². The number of anilines is 2. The standard InChI is InChI=1S/C12H22N4/c1-9(2)16(4)6-5-14-12-10(3)7-11(13)8-15-12/h7-9H,5-6,13H2,1-4H3,(H,14,15). The molecule has 0 unspecified atom stereocenters. The summed E-state index contributed by atoms with van der Waals surface area (Å²) in [7, 11) is 2.12. The van der Waals surface area contributed by atoms with Crippen molar-refractivity contribution in [3.63, 3.8) is 0 Å². The van der Waals surface area contributed by atoms with Crippen LogP contribution in [0.15, 0.2) is 12.3 Å². The average Bonchev–Trinajstić information content (AvgIpc) is 2.20. The maximum atomic E-state index is 5.65. The quantitative estimate of drug-likeness (QED) is 0.796. The van der Waals surface area contributed by atoms with E-state index in [1.54, 1.807) is 6.20 Å². The molecule has 1 aromatic heterocycles. The molecule has 4 nitrogen and oxygen atoms in total. The first-order valence-electron chi connectivity index (χ1n) is 5.67. The molecule has 1 aromatic rings. The first-order chi connectivity index (χ1) is 7.50. The van der Waals surface area contributed by atoms with Crippen molar-refractivity contribution in [1.29, 1.82) is 0 Å². The minimum atomic E-state index is 0.572. The van der Waals surface area contributed by atoms with E-state index in [1.165, 1.54) is 0 Å². The van der Waals surface area contributed by atoms with Crippen LogP contribution in [0.1, 0.15) is 19.4 Å². The average molecular weight is 222 g/mol. The van der Waals surface area contributed by atoms with Gasteiger partial charge in [-0.1, -0.05) is 0 Å². The highest BCUT2D eigenvalue weighted by molar-refractivity contribution is 5.50. The molecule has 4 heteroatoms.